The monoisotopic (exact) mass is 518 g/mol. The molecular formula is C28H59N2O4P. The van der Waals surface area contributed by atoms with Crippen LogP contribution in [0.5, 0.6) is 0 Å². The maximum atomic E-state index is 11.9. The summed E-state index contributed by atoms with van der Waals surface area (Å²) in [5.74, 6) is -1.24. The average Bonchev–Trinajstić information content (AvgIpc) is 3.21. The van der Waals surface area contributed by atoms with Gasteiger partial charge in [0.15, 0.2) is 0 Å². The fourth-order valence-electron chi connectivity index (χ4n) is 5.63. The largest absolute Gasteiger partial charge is 0.809 e. The van der Waals surface area contributed by atoms with Crippen molar-refractivity contribution in [2.45, 2.75) is 134 Å². The maximum absolute atomic E-state index is 11.9. The van der Waals surface area contributed by atoms with Crippen molar-refractivity contribution < 1.29 is 28.1 Å². The van der Waals surface area contributed by atoms with Gasteiger partial charge in [0, 0.05) is 6.42 Å². The second-order valence-corrected chi connectivity index (χ2v) is 14.4. The molecule has 0 amide bonds. The molecule has 7 heteroatoms. The van der Waals surface area contributed by atoms with Crippen LogP contribution >= 0.6 is 7.60 Å². The molecule has 0 aromatic rings. The molecule has 0 aromatic heterocycles. The molecule has 0 heterocycles. The fourth-order valence-corrected chi connectivity index (χ4v) is 6.63. The summed E-state index contributed by atoms with van der Waals surface area (Å²) in [7, 11) is 5.38. The summed E-state index contributed by atoms with van der Waals surface area (Å²) in [6.07, 6.45) is 21.8. The van der Waals surface area contributed by atoms with E-state index in [4.69, 9.17) is 4.74 Å². The molecule has 1 fully saturated rings. The van der Waals surface area contributed by atoms with Crippen LogP contribution in [0.25, 0.3) is 0 Å². The predicted molar refractivity (Wildman–Crippen MR) is 144 cm³/mol. The number of hydrogen-bond acceptors (Lipinski definition) is 4. The van der Waals surface area contributed by atoms with Crippen LogP contribution in [0.1, 0.15) is 116 Å². The number of unbranched alkanes of at least 4 members (excludes halogenated alkanes) is 13. The minimum absolute atomic E-state index is 0.149. The Labute approximate surface area is 218 Å². The van der Waals surface area contributed by atoms with E-state index in [9.17, 15) is 14.4 Å². The minimum Gasteiger partial charge on any atom is -0.809 e. The molecule has 3 atom stereocenters. The molecule has 0 spiro atoms. The number of quaternary nitrogens is 2. The first-order valence-electron chi connectivity index (χ1n) is 14.7. The highest BCUT2D eigenvalue weighted by Crippen LogP contribution is 2.39. The number of ether oxygens (including phenoxy) is 1. The van der Waals surface area contributed by atoms with Crippen LogP contribution in [0.4, 0.5) is 0 Å². The Morgan fingerprint density at radius 3 is 1.66 bits per heavy atom. The van der Waals surface area contributed by atoms with Gasteiger partial charge in [-0.3, -0.25) is 0 Å². The van der Waals surface area contributed by atoms with Gasteiger partial charge in [-0.1, -0.05) is 84.0 Å². The molecule has 1 saturated carbocycles. The van der Waals surface area contributed by atoms with Crippen LogP contribution in [0.3, 0.4) is 0 Å². The quantitative estimate of drug-likeness (QED) is 0.115. The second kappa shape index (κ2) is 16.8. The van der Waals surface area contributed by atoms with Gasteiger partial charge >= 0.3 is 0 Å². The first-order chi connectivity index (χ1) is 16.4. The van der Waals surface area contributed by atoms with Crippen LogP contribution in [-0.2, 0) is 9.30 Å². The van der Waals surface area contributed by atoms with Crippen molar-refractivity contribution in [3.63, 3.8) is 0 Å². The van der Waals surface area contributed by atoms with E-state index in [0.717, 1.165) is 30.3 Å². The van der Waals surface area contributed by atoms with Crippen molar-refractivity contribution in [3.05, 3.63) is 0 Å². The smallest absolute Gasteiger partial charge is 0.133 e. The summed E-state index contributed by atoms with van der Waals surface area (Å²) in [5.41, 5.74) is 0. The highest BCUT2D eigenvalue weighted by atomic mass is 31.2. The molecule has 0 radical (unpaired) electrons. The summed E-state index contributed by atoms with van der Waals surface area (Å²) < 4.78 is 19.2. The SMILES string of the molecule is CCCCCCCCCCCCCCCC[N+](C)(C)[C@H]1CCC[C@@H]1OC(C[N+](C)(C)C)P(=O)([O-])[O-]. The number of rotatable bonds is 21. The Balaban J connectivity index is 2.26. The topological polar surface area (TPSA) is 72.4 Å². The van der Waals surface area contributed by atoms with Gasteiger partial charge in [-0.15, -0.1) is 0 Å². The summed E-state index contributed by atoms with van der Waals surface area (Å²) in [6.45, 7) is 3.55. The lowest BCUT2D eigenvalue weighted by Gasteiger charge is -2.45. The lowest BCUT2D eigenvalue weighted by Crippen LogP contribution is -2.55. The van der Waals surface area contributed by atoms with Gasteiger partial charge in [0.25, 0.3) is 0 Å². The number of likely N-dealkylation sites (N-methyl/N-ethyl adjacent to an activating group) is 2. The molecule has 35 heavy (non-hydrogen) atoms. The summed E-state index contributed by atoms with van der Waals surface area (Å²) in [6, 6.07) is 0.262. The van der Waals surface area contributed by atoms with Crippen molar-refractivity contribution in [2.75, 3.05) is 48.3 Å². The predicted octanol–water partition coefficient (Wildman–Crippen LogP) is 5.43. The van der Waals surface area contributed by atoms with Gasteiger partial charge in [-0.05, 0) is 33.3 Å². The Kier molecular flexibility index (Phi) is 15.9. The van der Waals surface area contributed by atoms with Gasteiger partial charge < -0.3 is 28.1 Å². The highest BCUT2D eigenvalue weighted by molar-refractivity contribution is 7.49. The molecule has 0 aliphatic heterocycles. The zero-order valence-electron chi connectivity index (χ0n) is 24.1. The van der Waals surface area contributed by atoms with Crippen LogP contribution < -0.4 is 9.79 Å². The van der Waals surface area contributed by atoms with Crippen LogP contribution in [0.15, 0.2) is 0 Å². The third kappa shape index (κ3) is 15.1. The van der Waals surface area contributed by atoms with Gasteiger partial charge in [0.1, 0.15) is 24.5 Å². The highest BCUT2D eigenvalue weighted by Gasteiger charge is 2.42. The molecule has 6 nitrogen and oxygen atoms in total. The van der Waals surface area contributed by atoms with Crippen LogP contribution in [0.2, 0.25) is 0 Å². The van der Waals surface area contributed by atoms with E-state index < -0.39 is 13.4 Å². The van der Waals surface area contributed by atoms with Gasteiger partial charge in [0.2, 0.25) is 0 Å². The zero-order chi connectivity index (χ0) is 26.4. The Hall–Kier alpha value is 0.0300. The van der Waals surface area contributed by atoms with Crippen molar-refractivity contribution in [2.24, 2.45) is 0 Å². The van der Waals surface area contributed by atoms with E-state index in [1.54, 1.807) is 0 Å². The summed E-state index contributed by atoms with van der Waals surface area (Å²) >= 11 is 0. The fraction of sp³-hybridized carbons (Fsp3) is 1.00. The maximum Gasteiger partial charge on any atom is 0.133 e. The molecule has 1 unspecified atom stereocenters. The molecule has 1 aliphatic rings. The normalized spacial score (nSPS) is 20.5. The van der Waals surface area contributed by atoms with Crippen LogP contribution in [0, 0.1) is 0 Å². The van der Waals surface area contributed by atoms with Gasteiger partial charge in [0.05, 0.1) is 41.8 Å². The average molecular weight is 519 g/mol. The van der Waals surface area contributed by atoms with E-state index in [1.807, 2.05) is 21.1 Å². The lowest BCUT2D eigenvalue weighted by atomic mass is 10.0. The van der Waals surface area contributed by atoms with E-state index in [2.05, 4.69) is 21.0 Å². The molecule has 210 valence electrons. The van der Waals surface area contributed by atoms with Crippen molar-refractivity contribution in [1.82, 2.24) is 0 Å². The van der Waals surface area contributed by atoms with Gasteiger partial charge in [-0.2, -0.15) is 0 Å². The number of nitrogens with zero attached hydrogens (tertiary/aromatic N) is 2. The molecule has 0 N–H and O–H groups in total. The third-order valence-electron chi connectivity index (χ3n) is 7.79. The molecule has 1 aliphatic carbocycles. The second-order valence-electron chi connectivity index (χ2n) is 12.7. The minimum atomic E-state index is -4.80. The molecule has 0 saturated heterocycles. The van der Waals surface area contributed by atoms with Crippen molar-refractivity contribution >= 4 is 7.60 Å². The van der Waals surface area contributed by atoms with E-state index in [1.165, 1.54) is 89.9 Å². The standard InChI is InChI=1S/C28H59N2O4P/c1-7-8-9-10-11-12-13-14-15-16-17-18-19-20-24-30(5,6)26-22-21-23-27(26)34-28(35(31,32)33)25-29(2,3)4/h26-28H,7-25H2,1-6H3/t26-,27-,28?/m0/s1. The Morgan fingerprint density at radius 1 is 0.771 bits per heavy atom. The summed E-state index contributed by atoms with van der Waals surface area (Å²) in [4.78, 5) is 23.8. The van der Waals surface area contributed by atoms with E-state index in [0.29, 0.717) is 4.48 Å². The Morgan fingerprint density at radius 2 is 1.23 bits per heavy atom. The number of hydrogen-bond donors (Lipinski definition) is 0. The van der Waals surface area contributed by atoms with Crippen molar-refractivity contribution in [1.29, 1.82) is 0 Å². The molecule has 1 rings (SSSR count). The first-order valence-corrected chi connectivity index (χ1v) is 16.3. The molecule has 0 aromatic carbocycles. The molecular weight excluding hydrogens is 459 g/mol. The zero-order valence-corrected chi connectivity index (χ0v) is 25.0. The third-order valence-corrected chi connectivity index (χ3v) is 8.78. The Bertz CT molecular complexity index is 588. The molecule has 0 bridgehead atoms. The van der Waals surface area contributed by atoms with E-state index in [-0.39, 0.29) is 18.7 Å². The first kappa shape index (κ1) is 33.1. The van der Waals surface area contributed by atoms with E-state index >= 15 is 0 Å². The summed E-state index contributed by atoms with van der Waals surface area (Å²) in [5, 5.41) is 0. The lowest BCUT2D eigenvalue weighted by molar-refractivity contribution is -0.918. The van der Waals surface area contributed by atoms with Crippen molar-refractivity contribution in [3.8, 4) is 0 Å². The van der Waals surface area contributed by atoms with Gasteiger partial charge in [-0.25, -0.2) is 0 Å². The van der Waals surface area contributed by atoms with Crippen LogP contribution in [-0.4, -0.2) is 75.3 Å².